The first-order valence-corrected chi connectivity index (χ1v) is 7.96. The number of hydrogen-bond donors (Lipinski definition) is 2. The second-order valence-corrected chi connectivity index (χ2v) is 6.33. The van der Waals surface area contributed by atoms with Crippen molar-refractivity contribution >= 4 is 21.7 Å². The van der Waals surface area contributed by atoms with Gasteiger partial charge in [-0.05, 0) is 43.3 Å². The fraction of sp³-hybridized carbons (Fsp3) is 0.0667. The highest BCUT2D eigenvalue weighted by atomic mass is 32.2. The van der Waals surface area contributed by atoms with Crippen LogP contribution in [0.15, 0.2) is 53.4 Å². The number of amides is 1. The van der Waals surface area contributed by atoms with Gasteiger partial charge in [0.25, 0.3) is 15.9 Å². The van der Waals surface area contributed by atoms with E-state index in [0.29, 0.717) is 0 Å². The number of halogens is 1. The smallest absolute Gasteiger partial charge is 0.266 e. The topological polar surface area (TPSA) is 92.3 Å². The summed E-state index contributed by atoms with van der Waals surface area (Å²) >= 11 is 0. The standard InChI is InChI=1S/C15H13FN2O4S/c1-10(19)12-3-2-4-14(9-12)23(21,22)18-17-15(20)11-5-7-13(16)8-6-11/h2-9,18H,1H3,(H,17,20). The summed E-state index contributed by atoms with van der Waals surface area (Å²) in [5, 5.41) is 0. The molecule has 1 amide bonds. The van der Waals surface area contributed by atoms with Crippen LogP contribution in [0.4, 0.5) is 4.39 Å². The zero-order valence-electron chi connectivity index (χ0n) is 12.0. The molecule has 120 valence electrons. The van der Waals surface area contributed by atoms with Gasteiger partial charge in [0.2, 0.25) is 0 Å². The lowest BCUT2D eigenvalue weighted by molar-refractivity contribution is 0.0944. The van der Waals surface area contributed by atoms with Crippen LogP contribution >= 0.6 is 0 Å². The highest BCUT2D eigenvalue weighted by Crippen LogP contribution is 2.11. The Morgan fingerprint density at radius 3 is 2.26 bits per heavy atom. The molecule has 0 spiro atoms. The van der Waals surface area contributed by atoms with Crippen LogP contribution in [-0.2, 0) is 10.0 Å². The van der Waals surface area contributed by atoms with Crippen molar-refractivity contribution in [2.24, 2.45) is 0 Å². The minimum Gasteiger partial charge on any atom is -0.295 e. The van der Waals surface area contributed by atoms with Crippen molar-refractivity contribution in [1.82, 2.24) is 10.3 Å². The Bertz CT molecular complexity index is 848. The third-order valence-electron chi connectivity index (χ3n) is 2.96. The molecule has 2 N–H and O–H groups in total. The first kappa shape index (κ1) is 16.8. The summed E-state index contributed by atoms with van der Waals surface area (Å²) < 4.78 is 37.0. The Labute approximate surface area is 132 Å². The maximum absolute atomic E-state index is 12.8. The molecule has 6 nitrogen and oxygen atoms in total. The molecule has 0 aliphatic rings. The molecule has 0 aliphatic carbocycles. The predicted molar refractivity (Wildman–Crippen MR) is 80.6 cm³/mol. The monoisotopic (exact) mass is 336 g/mol. The molecule has 0 fully saturated rings. The van der Waals surface area contributed by atoms with Gasteiger partial charge in [-0.15, -0.1) is 4.83 Å². The van der Waals surface area contributed by atoms with Crippen molar-refractivity contribution in [2.75, 3.05) is 0 Å². The van der Waals surface area contributed by atoms with Crippen LogP contribution in [-0.4, -0.2) is 20.1 Å². The minimum absolute atomic E-state index is 0.0894. The van der Waals surface area contributed by atoms with Gasteiger partial charge in [-0.25, -0.2) is 12.8 Å². The molecule has 2 aromatic rings. The maximum atomic E-state index is 12.8. The number of carbonyl (C=O) groups excluding carboxylic acids is 2. The van der Waals surface area contributed by atoms with Crippen molar-refractivity contribution in [3.8, 4) is 0 Å². The van der Waals surface area contributed by atoms with E-state index in [9.17, 15) is 22.4 Å². The van der Waals surface area contributed by atoms with Gasteiger partial charge in [-0.2, -0.15) is 0 Å². The third-order valence-corrected chi connectivity index (χ3v) is 4.20. The highest BCUT2D eigenvalue weighted by molar-refractivity contribution is 7.89. The van der Waals surface area contributed by atoms with E-state index in [-0.39, 0.29) is 21.8 Å². The summed E-state index contributed by atoms with van der Waals surface area (Å²) in [6.45, 7) is 1.31. The first-order chi connectivity index (χ1) is 10.8. The zero-order chi connectivity index (χ0) is 17.0. The molecule has 8 heteroatoms. The second kappa shape index (κ2) is 6.67. The normalized spacial score (nSPS) is 11.0. The fourth-order valence-electron chi connectivity index (χ4n) is 1.73. The quantitative estimate of drug-likeness (QED) is 0.641. The fourth-order valence-corrected chi connectivity index (χ4v) is 2.61. The number of Topliss-reactive ketones (excluding diaryl/α,β-unsaturated/α-hetero) is 1. The van der Waals surface area contributed by atoms with Crippen molar-refractivity contribution in [1.29, 1.82) is 0 Å². The van der Waals surface area contributed by atoms with Gasteiger partial charge >= 0.3 is 0 Å². The Balaban J connectivity index is 2.12. The molecule has 23 heavy (non-hydrogen) atoms. The minimum atomic E-state index is -4.04. The Hall–Kier alpha value is -2.58. The van der Waals surface area contributed by atoms with Gasteiger partial charge in [-0.1, -0.05) is 12.1 Å². The number of carbonyl (C=O) groups is 2. The molecule has 0 aromatic heterocycles. The molecular weight excluding hydrogens is 323 g/mol. The van der Waals surface area contributed by atoms with E-state index in [4.69, 9.17) is 0 Å². The molecule has 0 aliphatic heterocycles. The van der Waals surface area contributed by atoms with Crippen LogP contribution in [0.1, 0.15) is 27.6 Å². The molecule has 0 saturated carbocycles. The summed E-state index contributed by atoms with van der Waals surface area (Å²) in [4.78, 5) is 24.8. The van der Waals surface area contributed by atoms with E-state index in [2.05, 4.69) is 0 Å². The van der Waals surface area contributed by atoms with E-state index in [1.165, 1.54) is 43.3 Å². The molecule has 2 rings (SSSR count). The average molecular weight is 336 g/mol. The van der Waals surface area contributed by atoms with Gasteiger partial charge in [0.05, 0.1) is 4.90 Å². The Morgan fingerprint density at radius 2 is 1.65 bits per heavy atom. The van der Waals surface area contributed by atoms with E-state index in [1.54, 1.807) is 0 Å². The van der Waals surface area contributed by atoms with Gasteiger partial charge < -0.3 is 0 Å². The number of hydrogen-bond acceptors (Lipinski definition) is 4. The van der Waals surface area contributed by atoms with Gasteiger partial charge in [0.15, 0.2) is 5.78 Å². The van der Waals surface area contributed by atoms with Crippen LogP contribution in [0.3, 0.4) is 0 Å². The van der Waals surface area contributed by atoms with Crippen molar-refractivity contribution < 1.29 is 22.4 Å². The van der Waals surface area contributed by atoms with Crippen LogP contribution < -0.4 is 10.3 Å². The molecular formula is C15H13FN2O4S. The number of ketones is 1. The van der Waals surface area contributed by atoms with Crippen molar-refractivity contribution in [3.05, 3.63) is 65.5 Å². The Kier molecular flexibility index (Phi) is 4.87. The number of nitrogens with one attached hydrogen (secondary N) is 2. The number of benzene rings is 2. The van der Waals surface area contributed by atoms with E-state index in [0.717, 1.165) is 12.1 Å². The molecule has 2 aromatic carbocycles. The molecule has 0 unspecified atom stereocenters. The highest BCUT2D eigenvalue weighted by Gasteiger charge is 2.17. The SMILES string of the molecule is CC(=O)c1cccc(S(=O)(=O)NNC(=O)c2ccc(F)cc2)c1. The molecule has 0 atom stereocenters. The van der Waals surface area contributed by atoms with E-state index < -0.39 is 21.7 Å². The lowest BCUT2D eigenvalue weighted by Gasteiger charge is -2.09. The van der Waals surface area contributed by atoms with Gasteiger partial charge in [-0.3, -0.25) is 15.0 Å². The van der Waals surface area contributed by atoms with Gasteiger partial charge in [0, 0.05) is 11.1 Å². The molecule has 0 saturated heterocycles. The van der Waals surface area contributed by atoms with Crippen LogP contribution in [0.2, 0.25) is 0 Å². The van der Waals surface area contributed by atoms with Crippen LogP contribution in [0, 0.1) is 5.82 Å². The summed E-state index contributed by atoms with van der Waals surface area (Å²) in [6, 6.07) is 10.0. The van der Waals surface area contributed by atoms with Gasteiger partial charge in [0.1, 0.15) is 5.82 Å². The lowest BCUT2D eigenvalue weighted by Crippen LogP contribution is -2.41. The van der Waals surface area contributed by atoms with Crippen LogP contribution in [0.25, 0.3) is 0 Å². The van der Waals surface area contributed by atoms with E-state index >= 15 is 0 Å². The number of rotatable bonds is 5. The largest absolute Gasteiger partial charge is 0.295 e. The molecule has 0 bridgehead atoms. The first-order valence-electron chi connectivity index (χ1n) is 6.48. The second-order valence-electron chi connectivity index (χ2n) is 4.65. The summed E-state index contributed by atoms with van der Waals surface area (Å²) in [5.74, 6) is -1.53. The predicted octanol–water partition coefficient (Wildman–Crippen LogP) is 1.65. The van der Waals surface area contributed by atoms with Crippen LogP contribution in [0.5, 0.6) is 0 Å². The summed E-state index contributed by atoms with van der Waals surface area (Å²) in [5.41, 5.74) is 2.35. The van der Waals surface area contributed by atoms with E-state index in [1.807, 2.05) is 10.3 Å². The van der Waals surface area contributed by atoms with Crippen molar-refractivity contribution in [3.63, 3.8) is 0 Å². The number of sulfonamides is 1. The number of hydrazine groups is 1. The molecule has 0 heterocycles. The zero-order valence-corrected chi connectivity index (χ0v) is 12.9. The summed E-state index contributed by atoms with van der Waals surface area (Å²) in [7, 11) is -4.04. The summed E-state index contributed by atoms with van der Waals surface area (Å²) in [6.07, 6.45) is 0. The lowest BCUT2D eigenvalue weighted by atomic mass is 10.2. The third kappa shape index (κ3) is 4.21. The average Bonchev–Trinajstić information content (AvgIpc) is 2.53. The molecule has 0 radical (unpaired) electrons. The maximum Gasteiger partial charge on any atom is 0.266 e. The Morgan fingerprint density at radius 1 is 1.00 bits per heavy atom. The van der Waals surface area contributed by atoms with Crippen molar-refractivity contribution in [2.45, 2.75) is 11.8 Å².